The van der Waals surface area contributed by atoms with Crippen LogP contribution in [0.1, 0.15) is 90.9 Å². The Hall–Kier alpha value is -1.09. The van der Waals surface area contributed by atoms with Gasteiger partial charge in [-0.25, -0.2) is 0 Å². The lowest BCUT2D eigenvalue weighted by Crippen LogP contribution is -2.11. The summed E-state index contributed by atoms with van der Waals surface area (Å²) < 4.78 is 4.59. The molecule has 0 amide bonds. The summed E-state index contributed by atoms with van der Waals surface area (Å²) in [4.78, 5) is 10.6. The zero-order valence-corrected chi connectivity index (χ0v) is 15.1. The zero-order valence-electron chi connectivity index (χ0n) is 15.1. The number of allylic oxidation sites excluding steroid dienone is 3. The number of aliphatic hydroxyl groups is 1. The molecule has 1 N–H and O–H groups in total. The van der Waals surface area contributed by atoms with Crippen molar-refractivity contribution < 1.29 is 14.6 Å². The average molecular weight is 325 g/mol. The summed E-state index contributed by atoms with van der Waals surface area (Å²) in [7, 11) is 0. The second-order valence-corrected chi connectivity index (χ2v) is 6.09. The fourth-order valence-corrected chi connectivity index (χ4v) is 2.39. The molecule has 0 spiro atoms. The summed E-state index contributed by atoms with van der Waals surface area (Å²) >= 11 is 0. The molecule has 0 bridgehead atoms. The second-order valence-electron chi connectivity index (χ2n) is 6.09. The molecule has 23 heavy (non-hydrogen) atoms. The molecule has 0 heterocycles. The first kappa shape index (κ1) is 21.9. The van der Waals surface area contributed by atoms with Crippen molar-refractivity contribution in [1.29, 1.82) is 0 Å². The number of unbranched alkanes of at least 4 members (excludes halogenated alkanes) is 10. The SMILES string of the molecule is CCCC/C=C/CCCCCCCCC/C=C\C(O)OC(C)=O. The van der Waals surface area contributed by atoms with Gasteiger partial charge < -0.3 is 9.84 Å². The maximum absolute atomic E-state index is 10.6. The van der Waals surface area contributed by atoms with Crippen molar-refractivity contribution in [3.8, 4) is 0 Å². The standard InChI is InChI=1S/C20H36O3/c1-3-4-5-6-7-8-9-10-11-12-13-14-15-16-17-18-20(22)23-19(2)21/h6-7,17-18,20,22H,3-5,8-16H2,1-2H3/b7-6+,18-17-. The third-order valence-corrected chi connectivity index (χ3v) is 3.72. The normalized spacial score (nSPS) is 13.0. The van der Waals surface area contributed by atoms with Crippen molar-refractivity contribution in [2.45, 2.75) is 97.2 Å². The Morgan fingerprint density at radius 3 is 1.87 bits per heavy atom. The highest BCUT2D eigenvalue weighted by Crippen LogP contribution is 2.10. The van der Waals surface area contributed by atoms with E-state index in [4.69, 9.17) is 0 Å². The Morgan fingerprint density at radius 1 is 0.870 bits per heavy atom. The summed E-state index contributed by atoms with van der Waals surface area (Å²) in [5, 5.41) is 9.29. The van der Waals surface area contributed by atoms with Crippen LogP contribution in [0.4, 0.5) is 0 Å². The summed E-state index contributed by atoms with van der Waals surface area (Å²) in [6, 6.07) is 0. The lowest BCUT2D eigenvalue weighted by molar-refractivity contribution is -0.157. The minimum absolute atomic E-state index is 0.460. The van der Waals surface area contributed by atoms with Crippen LogP contribution in [0.25, 0.3) is 0 Å². The van der Waals surface area contributed by atoms with Crippen molar-refractivity contribution in [2.24, 2.45) is 0 Å². The van der Waals surface area contributed by atoms with Crippen molar-refractivity contribution in [2.75, 3.05) is 0 Å². The van der Waals surface area contributed by atoms with E-state index >= 15 is 0 Å². The first-order valence-electron chi connectivity index (χ1n) is 9.33. The third-order valence-electron chi connectivity index (χ3n) is 3.72. The number of hydrogen-bond acceptors (Lipinski definition) is 3. The fraction of sp³-hybridized carbons (Fsp3) is 0.750. The van der Waals surface area contributed by atoms with Gasteiger partial charge in [-0.1, -0.05) is 70.1 Å². The number of ether oxygens (including phenoxy) is 1. The molecule has 134 valence electrons. The van der Waals surface area contributed by atoms with E-state index in [0.29, 0.717) is 0 Å². The third kappa shape index (κ3) is 18.9. The van der Waals surface area contributed by atoms with Crippen LogP contribution in [0.3, 0.4) is 0 Å². The lowest BCUT2D eigenvalue weighted by atomic mass is 10.1. The molecule has 0 aliphatic heterocycles. The van der Waals surface area contributed by atoms with Crippen molar-refractivity contribution >= 4 is 5.97 Å². The van der Waals surface area contributed by atoms with Gasteiger partial charge in [0.25, 0.3) is 0 Å². The first-order chi connectivity index (χ1) is 11.2. The number of rotatable bonds is 15. The second kappa shape index (κ2) is 17.3. The fourth-order valence-electron chi connectivity index (χ4n) is 2.39. The summed E-state index contributed by atoms with van der Waals surface area (Å²) in [5.74, 6) is -0.460. The number of hydrogen-bond donors (Lipinski definition) is 1. The Bertz CT molecular complexity index is 321. The predicted octanol–water partition coefficient (Wildman–Crippen LogP) is 5.68. The molecule has 0 radical (unpaired) electrons. The molecule has 0 aromatic rings. The van der Waals surface area contributed by atoms with Gasteiger partial charge in [-0.2, -0.15) is 0 Å². The van der Waals surface area contributed by atoms with Crippen LogP contribution >= 0.6 is 0 Å². The highest BCUT2D eigenvalue weighted by atomic mass is 16.6. The summed E-state index contributed by atoms with van der Waals surface area (Å²) in [6.45, 7) is 3.52. The van der Waals surface area contributed by atoms with Gasteiger partial charge in [-0.05, 0) is 38.2 Å². The van der Waals surface area contributed by atoms with Gasteiger partial charge in [0.1, 0.15) is 0 Å². The van der Waals surface area contributed by atoms with Gasteiger partial charge >= 0.3 is 5.97 Å². The molecule has 0 saturated carbocycles. The van der Waals surface area contributed by atoms with Gasteiger partial charge in [-0.15, -0.1) is 0 Å². The van der Waals surface area contributed by atoms with Crippen molar-refractivity contribution in [1.82, 2.24) is 0 Å². The molecule has 0 fully saturated rings. The van der Waals surface area contributed by atoms with Crippen LogP contribution in [0.5, 0.6) is 0 Å². The topological polar surface area (TPSA) is 46.5 Å². The zero-order chi connectivity index (χ0) is 17.2. The van der Waals surface area contributed by atoms with Crippen LogP contribution in [-0.4, -0.2) is 17.4 Å². The molecule has 1 unspecified atom stereocenters. The first-order valence-corrected chi connectivity index (χ1v) is 9.33. The Labute approximate surface area is 142 Å². The molecule has 0 saturated heterocycles. The molecule has 3 heteroatoms. The molecular weight excluding hydrogens is 288 g/mol. The van der Waals surface area contributed by atoms with E-state index in [2.05, 4.69) is 23.8 Å². The van der Waals surface area contributed by atoms with Gasteiger partial charge in [0, 0.05) is 6.92 Å². The van der Waals surface area contributed by atoms with Crippen LogP contribution < -0.4 is 0 Å². The number of esters is 1. The Balaban J connectivity index is 3.23. The van der Waals surface area contributed by atoms with Gasteiger partial charge in [0.15, 0.2) is 0 Å². The van der Waals surface area contributed by atoms with Crippen LogP contribution in [-0.2, 0) is 9.53 Å². The molecule has 0 aromatic heterocycles. The van der Waals surface area contributed by atoms with E-state index in [1.165, 1.54) is 77.2 Å². The summed E-state index contributed by atoms with van der Waals surface area (Å²) in [5.41, 5.74) is 0. The largest absolute Gasteiger partial charge is 0.432 e. The Kier molecular flexibility index (Phi) is 16.4. The van der Waals surface area contributed by atoms with E-state index in [0.717, 1.165) is 12.8 Å². The molecular formula is C20H36O3. The smallest absolute Gasteiger partial charge is 0.305 e. The molecule has 0 aliphatic rings. The minimum atomic E-state index is -1.09. The molecule has 3 nitrogen and oxygen atoms in total. The van der Waals surface area contributed by atoms with Crippen LogP contribution in [0.2, 0.25) is 0 Å². The van der Waals surface area contributed by atoms with E-state index in [1.807, 2.05) is 6.08 Å². The van der Waals surface area contributed by atoms with Crippen LogP contribution in [0.15, 0.2) is 24.3 Å². The molecule has 0 aromatic carbocycles. The molecule has 0 aliphatic carbocycles. The molecule has 0 rings (SSSR count). The van der Waals surface area contributed by atoms with E-state index in [9.17, 15) is 9.90 Å². The monoisotopic (exact) mass is 324 g/mol. The maximum Gasteiger partial charge on any atom is 0.305 e. The van der Waals surface area contributed by atoms with E-state index in [-0.39, 0.29) is 0 Å². The van der Waals surface area contributed by atoms with Crippen molar-refractivity contribution in [3.05, 3.63) is 24.3 Å². The van der Waals surface area contributed by atoms with Gasteiger partial charge in [-0.3, -0.25) is 4.79 Å². The van der Waals surface area contributed by atoms with E-state index in [1.54, 1.807) is 0 Å². The van der Waals surface area contributed by atoms with Gasteiger partial charge in [0.05, 0.1) is 0 Å². The number of carbonyl (C=O) groups excluding carboxylic acids is 1. The molecule has 1 atom stereocenters. The van der Waals surface area contributed by atoms with Gasteiger partial charge in [0.2, 0.25) is 6.29 Å². The van der Waals surface area contributed by atoms with E-state index < -0.39 is 12.3 Å². The predicted molar refractivity (Wildman–Crippen MR) is 97.1 cm³/mol. The quantitative estimate of drug-likeness (QED) is 0.182. The highest BCUT2D eigenvalue weighted by molar-refractivity contribution is 5.66. The number of carbonyl (C=O) groups is 1. The number of aliphatic hydroxyl groups excluding tert-OH is 1. The van der Waals surface area contributed by atoms with Crippen molar-refractivity contribution in [3.63, 3.8) is 0 Å². The Morgan fingerprint density at radius 2 is 1.35 bits per heavy atom. The minimum Gasteiger partial charge on any atom is -0.432 e. The van der Waals surface area contributed by atoms with Crippen LogP contribution in [0, 0.1) is 0 Å². The maximum atomic E-state index is 10.6. The lowest BCUT2D eigenvalue weighted by Gasteiger charge is -2.04. The summed E-state index contributed by atoms with van der Waals surface area (Å²) in [6.07, 6.45) is 22.0. The highest BCUT2D eigenvalue weighted by Gasteiger charge is 2.00. The average Bonchev–Trinajstić information content (AvgIpc) is 2.50.